The SMILES string of the molecule is CCN(CC)CCCNC(=O)c1ccccc1SCc1c(C)noc1C. The third-order valence-electron chi connectivity index (χ3n) is 4.52. The van der Waals surface area contributed by atoms with E-state index in [0.717, 1.165) is 59.3 Å². The molecule has 1 aromatic carbocycles. The number of rotatable bonds is 10. The van der Waals surface area contributed by atoms with Crippen molar-refractivity contribution in [3.05, 3.63) is 46.8 Å². The van der Waals surface area contributed by atoms with Gasteiger partial charge in [0.25, 0.3) is 5.91 Å². The number of thioether (sulfide) groups is 1. The second-order valence-corrected chi connectivity index (χ2v) is 7.24. The van der Waals surface area contributed by atoms with Crippen molar-refractivity contribution in [3.8, 4) is 0 Å². The fraction of sp³-hybridized carbons (Fsp3) is 0.500. The van der Waals surface area contributed by atoms with Gasteiger partial charge in [0.15, 0.2) is 0 Å². The Bertz CT molecular complexity index is 691. The molecule has 0 atom stereocenters. The summed E-state index contributed by atoms with van der Waals surface area (Å²) >= 11 is 1.64. The van der Waals surface area contributed by atoms with Gasteiger partial charge in [0.1, 0.15) is 5.76 Å². The van der Waals surface area contributed by atoms with Crippen LogP contribution in [0.5, 0.6) is 0 Å². The van der Waals surface area contributed by atoms with Gasteiger partial charge in [-0.05, 0) is 52.0 Å². The van der Waals surface area contributed by atoms with E-state index in [1.807, 2.05) is 38.1 Å². The lowest BCUT2D eigenvalue weighted by molar-refractivity contribution is 0.0949. The van der Waals surface area contributed by atoms with Crippen LogP contribution in [0.4, 0.5) is 0 Å². The number of benzene rings is 1. The summed E-state index contributed by atoms with van der Waals surface area (Å²) in [6.07, 6.45) is 0.960. The van der Waals surface area contributed by atoms with Gasteiger partial charge in [-0.1, -0.05) is 31.1 Å². The molecule has 0 radical (unpaired) electrons. The minimum absolute atomic E-state index is 0.00795. The Hall–Kier alpha value is -1.79. The Morgan fingerprint density at radius 3 is 2.62 bits per heavy atom. The van der Waals surface area contributed by atoms with Crippen molar-refractivity contribution in [2.75, 3.05) is 26.2 Å². The largest absolute Gasteiger partial charge is 0.361 e. The van der Waals surface area contributed by atoms with Crippen LogP contribution in [-0.2, 0) is 5.75 Å². The fourth-order valence-electron chi connectivity index (χ4n) is 2.78. The van der Waals surface area contributed by atoms with Crippen molar-refractivity contribution in [2.24, 2.45) is 0 Å². The molecule has 0 spiro atoms. The van der Waals surface area contributed by atoms with Crippen molar-refractivity contribution < 1.29 is 9.32 Å². The van der Waals surface area contributed by atoms with Gasteiger partial charge in [-0.25, -0.2) is 0 Å². The summed E-state index contributed by atoms with van der Waals surface area (Å²) in [5, 5.41) is 7.04. The van der Waals surface area contributed by atoms with Crippen LogP contribution in [0.2, 0.25) is 0 Å². The number of carbonyl (C=O) groups excluding carboxylic acids is 1. The van der Waals surface area contributed by atoms with E-state index in [-0.39, 0.29) is 5.91 Å². The Balaban J connectivity index is 1.92. The van der Waals surface area contributed by atoms with Gasteiger partial charge in [-0.2, -0.15) is 0 Å². The number of carbonyl (C=O) groups is 1. The smallest absolute Gasteiger partial charge is 0.252 e. The maximum absolute atomic E-state index is 12.6. The molecule has 26 heavy (non-hydrogen) atoms. The zero-order valence-corrected chi connectivity index (χ0v) is 17.0. The molecule has 1 amide bonds. The summed E-state index contributed by atoms with van der Waals surface area (Å²) < 4.78 is 5.22. The number of aryl methyl sites for hydroxylation is 2. The Kier molecular flexibility index (Phi) is 8.19. The highest BCUT2D eigenvalue weighted by Crippen LogP contribution is 2.28. The molecule has 142 valence electrons. The maximum atomic E-state index is 12.6. The zero-order chi connectivity index (χ0) is 18.9. The molecule has 0 bridgehead atoms. The molecule has 2 aromatic rings. The van der Waals surface area contributed by atoms with Crippen LogP contribution in [0.15, 0.2) is 33.7 Å². The first-order valence-corrected chi connectivity index (χ1v) is 10.2. The van der Waals surface area contributed by atoms with Gasteiger partial charge in [-0.3, -0.25) is 4.79 Å². The van der Waals surface area contributed by atoms with Gasteiger partial charge in [0, 0.05) is 22.8 Å². The molecule has 2 rings (SSSR count). The van der Waals surface area contributed by atoms with Crippen molar-refractivity contribution in [3.63, 3.8) is 0 Å². The van der Waals surface area contributed by atoms with Crippen LogP contribution in [-0.4, -0.2) is 42.1 Å². The number of amides is 1. The standard InChI is InChI=1S/C20H29N3O2S/c1-5-23(6-2)13-9-12-21-20(24)17-10-7-8-11-19(17)26-14-18-15(3)22-25-16(18)4/h7-8,10-11H,5-6,9,12-14H2,1-4H3,(H,21,24). The van der Waals surface area contributed by atoms with Crippen LogP contribution < -0.4 is 5.32 Å². The van der Waals surface area contributed by atoms with Gasteiger partial charge in [-0.15, -0.1) is 11.8 Å². The Morgan fingerprint density at radius 2 is 1.96 bits per heavy atom. The van der Waals surface area contributed by atoms with Crippen LogP contribution in [0.25, 0.3) is 0 Å². The second kappa shape index (κ2) is 10.4. The average molecular weight is 376 g/mol. The fourth-order valence-corrected chi connectivity index (χ4v) is 3.98. The summed E-state index contributed by atoms with van der Waals surface area (Å²) in [4.78, 5) is 15.9. The summed E-state index contributed by atoms with van der Waals surface area (Å²) in [6, 6.07) is 7.75. The number of hydrogen-bond donors (Lipinski definition) is 1. The van der Waals surface area contributed by atoms with Crippen LogP contribution >= 0.6 is 11.8 Å². The van der Waals surface area contributed by atoms with Gasteiger partial charge >= 0.3 is 0 Å². The highest BCUT2D eigenvalue weighted by Gasteiger charge is 2.14. The molecule has 1 heterocycles. The highest BCUT2D eigenvalue weighted by molar-refractivity contribution is 7.98. The van der Waals surface area contributed by atoms with Crippen molar-refractivity contribution >= 4 is 17.7 Å². The molecule has 0 aliphatic rings. The van der Waals surface area contributed by atoms with Crippen LogP contribution in [0.1, 0.15) is 47.6 Å². The monoisotopic (exact) mass is 375 g/mol. The first-order valence-electron chi connectivity index (χ1n) is 9.20. The predicted octanol–water partition coefficient (Wildman–Crippen LogP) is 4.05. The van der Waals surface area contributed by atoms with Crippen LogP contribution in [0.3, 0.4) is 0 Å². The molecule has 1 aromatic heterocycles. The van der Waals surface area contributed by atoms with E-state index in [1.165, 1.54) is 0 Å². The molecule has 0 aliphatic carbocycles. The number of aromatic nitrogens is 1. The molecule has 0 saturated heterocycles. The number of hydrogen-bond acceptors (Lipinski definition) is 5. The molecule has 0 saturated carbocycles. The van der Waals surface area contributed by atoms with E-state index in [9.17, 15) is 4.79 Å². The van der Waals surface area contributed by atoms with Crippen molar-refractivity contribution in [2.45, 2.75) is 44.8 Å². The first kappa shape index (κ1) is 20.5. The molecule has 5 nitrogen and oxygen atoms in total. The van der Waals surface area contributed by atoms with E-state index in [1.54, 1.807) is 11.8 Å². The lowest BCUT2D eigenvalue weighted by Gasteiger charge is -2.17. The topological polar surface area (TPSA) is 58.4 Å². The summed E-state index contributed by atoms with van der Waals surface area (Å²) in [5.41, 5.74) is 2.74. The second-order valence-electron chi connectivity index (χ2n) is 6.22. The number of nitrogens with zero attached hydrogens (tertiary/aromatic N) is 2. The maximum Gasteiger partial charge on any atom is 0.252 e. The minimum Gasteiger partial charge on any atom is -0.361 e. The van der Waals surface area contributed by atoms with Crippen molar-refractivity contribution in [1.82, 2.24) is 15.4 Å². The number of nitrogens with one attached hydrogen (secondary N) is 1. The third kappa shape index (κ3) is 5.61. The quantitative estimate of drug-likeness (QED) is 0.501. The Labute approximate surface area is 160 Å². The normalized spacial score (nSPS) is 11.1. The molecule has 6 heteroatoms. The lowest BCUT2D eigenvalue weighted by atomic mass is 10.2. The minimum atomic E-state index is -0.00795. The van der Waals surface area contributed by atoms with E-state index < -0.39 is 0 Å². The van der Waals surface area contributed by atoms with E-state index >= 15 is 0 Å². The summed E-state index contributed by atoms with van der Waals surface area (Å²) in [7, 11) is 0. The first-order chi connectivity index (χ1) is 12.6. The lowest BCUT2D eigenvalue weighted by Crippen LogP contribution is -2.30. The highest BCUT2D eigenvalue weighted by atomic mass is 32.2. The third-order valence-corrected chi connectivity index (χ3v) is 5.62. The Morgan fingerprint density at radius 1 is 1.23 bits per heavy atom. The van der Waals surface area contributed by atoms with Crippen molar-refractivity contribution in [1.29, 1.82) is 0 Å². The zero-order valence-electron chi connectivity index (χ0n) is 16.2. The average Bonchev–Trinajstić information content (AvgIpc) is 2.98. The van der Waals surface area contributed by atoms with Gasteiger partial charge in [0.05, 0.1) is 11.3 Å². The summed E-state index contributed by atoms with van der Waals surface area (Å²) in [6.45, 7) is 12.0. The molecule has 1 N–H and O–H groups in total. The molecule has 0 unspecified atom stereocenters. The molecular formula is C20H29N3O2S. The molecule has 0 aliphatic heterocycles. The van der Waals surface area contributed by atoms with Gasteiger partial charge in [0.2, 0.25) is 0 Å². The summed E-state index contributed by atoms with van der Waals surface area (Å²) in [5.74, 6) is 1.58. The van der Waals surface area contributed by atoms with E-state index in [4.69, 9.17) is 4.52 Å². The predicted molar refractivity (Wildman–Crippen MR) is 107 cm³/mol. The van der Waals surface area contributed by atoms with Gasteiger partial charge < -0.3 is 14.7 Å². The molecular weight excluding hydrogens is 346 g/mol. The van der Waals surface area contributed by atoms with E-state index in [0.29, 0.717) is 6.54 Å². The van der Waals surface area contributed by atoms with Crippen LogP contribution in [0, 0.1) is 13.8 Å². The molecule has 0 fully saturated rings. The van der Waals surface area contributed by atoms with E-state index in [2.05, 4.69) is 29.2 Å².